The van der Waals surface area contributed by atoms with Gasteiger partial charge in [0, 0.05) is 29.4 Å². The third-order valence-corrected chi connectivity index (χ3v) is 4.67. The van der Waals surface area contributed by atoms with E-state index in [0.717, 1.165) is 5.69 Å². The predicted octanol–water partition coefficient (Wildman–Crippen LogP) is 4.40. The molecule has 156 valence electrons. The van der Waals surface area contributed by atoms with Gasteiger partial charge in [0.15, 0.2) is 5.82 Å². The molecule has 4 rings (SSSR count). The van der Waals surface area contributed by atoms with Gasteiger partial charge in [-0.25, -0.2) is 9.97 Å². The number of non-ortho nitro benzene ring substituents is 1. The zero-order chi connectivity index (χ0) is 21.8. The van der Waals surface area contributed by atoms with Gasteiger partial charge in [-0.05, 0) is 36.4 Å². The van der Waals surface area contributed by atoms with Crippen molar-refractivity contribution in [2.45, 2.75) is 13.2 Å². The van der Waals surface area contributed by atoms with Crippen LogP contribution in [0.4, 0.5) is 17.2 Å². The maximum absolute atomic E-state index is 11.2. The Balaban J connectivity index is 1.61. The monoisotopic (exact) mass is 437 g/mol. The van der Waals surface area contributed by atoms with Crippen LogP contribution in [0.2, 0.25) is 5.02 Å². The molecule has 0 bridgehead atoms. The van der Waals surface area contributed by atoms with Gasteiger partial charge in [0.25, 0.3) is 5.69 Å². The van der Waals surface area contributed by atoms with Crippen LogP contribution in [0.25, 0.3) is 10.9 Å². The number of ether oxygens (including phenoxy) is 1. The van der Waals surface area contributed by atoms with Crippen molar-refractivity contribution in [1.82, 2.24) is 15.0 Å². The van der Waals surface area contributed by atoms with Gasteiger partial charge in [-0.3, -0.25) is 15.1 Å². The lowest BCUT2D eigenvalue weighted by Gasteiger charge is -2.12. The second-order valence-corrected chi connectivity index (χ2v) is 6.89. The summed E-state index contributed by atoms with van der Waals surface area (Å²) in [5.74, 6) is 0.985. The maximum atomic E-state index is 11.2. The number of aliphatic hydroxyl groups is 1. The van der Waals surface area contributed by atoms with Gasteiger partial charge in [0.2, 0.25) is 0 Å². The van der Waals surface area contributed by atoms with Crippen LogP contribution in [0, 0.1) is 10.1 Å². The molecule has 0 unspecified atom stereocenters. The number of hydrogen-bond donors (Lipinski definition) is 2. The van der Waals surface area contributed by atoms with E-state index < -0.39 is 4.92 Å². The van der Waals surface area contributed by atoms with Crippen molar-refractivity contribution in [2.24, 2.45) is 0 Å². The number of fused-ring (bicyclic) bond motifs is 1. The Labute approximate surface area is 181 Å². The quantitative estimate of drug-likeness (QED) is 0.322. The standard InChI is InChI=1S/C21H16ClN5O4/c22-17-9-13(4-7-19(17)31-12-14-3-1-2-8-23-14)24-21-16-10-15(27(29)30)5-6-18(16)25-20(11-28)26-21/h1-10,28H,11-12H2,(H,24,25,26). The van der Waals surface area contributed by atoms with E-state index in [-0.39, 0.29) is 24.7 Å². The fourth-order valence-electron chi connectivity index (χ4n) is 2.91. The van der Waals surface area contributed by atoms with Gasteiger partial charge in [-0.15, -0.1) is 0 Å². The van der Waals surface area contributed by atoms with Gasteiger partial charge in [-0.2, -0.15) is 0 Å². The van der Waals surface area contributed by atoms with E-state index in [0.29, 0.717) is 33.2 Å². The van der Waals surface area contributed by atoms with E-state index >= 15 is 0 Å². The van der Waals surface area contributed by atoms with Crippen molar-refractivity contribution in [3.05, 3.63) is 87.4 Å². The van der Waals surface area contributed by atoms with Crippen molar-refractivity contribution >= 4 is 39.7 Å². The minimum Gasteiger partial charge on any atom is -0.486 e. The molecule has 0 saturated heterocycles. The van der Waals surface area contributed by atoms with Crippen LogP contribution in [-0.2, 0) is 13.2 Å². The number of nitrogens with one attached hydrogen (secondary N) is 1. The number of nitro groups is 1. The molecule has 9 nitrogen and oxygen atoms in total. The highest BCUT2D eigenvalue weighted by Crippen LogP contribution is 2.32. The Hall–Kier alpha value is -3.82. The van der Waals surface area contributed by atoms with Crippen LogP contribution in [0.3, 0.4) is 0 Å². The first-order valence-corrected chi connectivity index (χ1v) is 9.56. The molecule has 0 aliphatic heterocycles. The molecule has 10 heteroatoms. The van der Waals surface area contributed by atoms with Crippen LogP contribution in [0.1, 0.15) is 11.5 Å². The zero-order valence-corrected chi connectivity index (χ0v) is 16.8. The summed E-state index contributed by atoms with van der Waals surface area (Å²) in [4.78, 5) is 23.3. The number of rotatable bonds is 7. The van der Waals surface area contributed by atoms with Crippen molar-refractivity contribution in [1.29, 1.82) is 0 Å². The van der Waals surface area contributed by atoms with E-state index in [2.05, 4.69) is 20.3 Å². The average Bonchev–Trinajstić information content (AvgIpc) is 2.78. The molecule has 0 spiro atoms. The van der Waals surface area contributed by atoms with Crippen LogP contribution < -0.4 is 10.1 Å². The van der Waals surface area contributed by atoms with E-state index in [9.17, 15) is 15.2 Å². The number of halogens is 1. The number of nitrogens with zero attached hydrogens (tertiary/aromatic N) is 4. The fraction of sp³-hybridized carbons (Fsp3) is 0.0952. The number of nitro benzene ring substituents is 1. The third-order valence-electron chi connectivity index (χ3n) is 4.37. The highest BCUT2D eigenvalue weighted by atomic mass is 35.5. The number of aliphatic hydroxyl groups excluding tert-OH is 1. The number of pyridine rings is 1. The van der Waals surface area contributed by atoms with Crippen LogP contribution in [-0.4, -0.2) is 25.0 Å². The Morgan fingerprint density at radius 3 is 2.71 bits per heavy atom. The second kappa shape index (κ2) is 8.90. The van der Waals surface area contributed by atoms with E-state index in [4.69, 9.17) is 16.3 Å². The molecular formula is C21H16ClN5O4. The molecule has 0 amide bonds. The van der Waals surface area contributed by atoms with E-state index in [1.54, 1.807) is 24.4 Å². The molecule has 0 radical (unpaired) electrons. The molecule has 31 heavy (non-hydrogen) atoms. The highest BCUT2D eigenvalue weighted by Gasteiger charge is 2.14. The normalized spacial score (nSPS) is 10.8. The van der Waals surface area contributed by atoms with Gasteiger partial charge in [0.1, 0.15) is 24.8 Å². The lowest BCUT2D eigenvalue weighted by Crippen LogP contribution is -2.03. The topological polar surface area (TPSA) is 123 Å². The molecular weight excluding hydrogens is 422 g/mol. The lowest BCUT2D eigenvalue weighted by atomic mass is 10.2. The highest BCUT2D eigenvalue weighted by molar-refractivity contribution is 6.32. The lowest BCUT2D eigenvalue weighted by molar-refractivity contribution is -0.384. The molecule has 0 saturated carbocycles. The van der Waals surface area contributed by atoms with Crippen LogP contribution >= 0.6 is 11.6 Å². The first-order chi connectivity index (χ1) is 15.0. The number of anilines is 2. The summed E-state index contributed by atoms with van der Waals surface area (Å²) in [5, 5.41) is 24.5. The third kappa shape index (κ3) is 4.68. The SMILES string of the molecule is O=[N+]([O-])c1ccc2nc(CO)nc(Nc3ccc(OCc4ccccn4)c(Cl)c3)c2c1. The summed E-state index contributed by atoms with van der Waals surface area (Å²) >= 11 is 6.36. The minimum absolute atomic E-state index is 0.0906. The van der Waals surface area contributed by atoms with Gasteiger partial charge in [-0.1, -0.05) is 17.7 Å². The molecule has 2 heterocycles. The Kier molecular flexibility index (Phi) is 5.87. The first-order valence-electron chi connectivity index (χ1n) is 9.18. The molecule has 0 aliphatic carbocycles. The van der Waals surface area contributed by atoms with E-state index in [1.165, 1.54) is 18.2 Å². The summed E-state index contributed by atoms with van der Waals surface area (Å²) in [5.41, 5.74) is 1.73. The number of benzene rings is 2. The van der Waals surface area contributed by atoms with E-state index in [1.807, 2.05) is 18.2 Å². The fourth-order valence-corrected chi connectivity index (χ4v) is 3.15. The average molecular weight is 438 g/mol. The molecule has 2 aromatic carbocycles. The molecule has 0 atom stereocenters. The summed E-state index contributed by atoms with van der Waals surface area (Å²) in [6.45, 7) is -0.101. The maximum Gasteiger partial charge on any atom is 0.270 e. The number of hydrogen-bond acceptors (Lipinski definition) is 8. The zero-order valence-electron chi connectivity index (χ0n) is 16.0. The molecule has 0 aliphatic rings. The van der Waals surface area contributed by atoms with Gasteiger partial charge in [0.05, 0.1) is 21.2 Å². The van der Waals surface area contributed by atoms with Crippen molar-refractivity contribution < 1.29 is 14.8 Å². The Morgan fingerprint density at radius 1 is 1.13 bits per heavy atom. The van der Waals surface area contributed by atoms with Gasteiger partial charge < -0.3 is 15.2 Å². The summed E-state index contributed by atoms with van der Waals surface area (Å²) in [6, 6.07) is 14.9. The Bertz CT molecular complexity index is 1250. The molecule has 2 aromatic heterocycles. The smallest absolute Gasteiger partial charge is 0.270 e. The van der Waals surface area contributed by atoms with Crippen molar-refractivity contribution in [3.63, 3.8) is 0 Å². The molecule has 2 N–H and O–H groups in total. The summed E-state index contributed by atoms with van der Waals surface area (Å²) < 4.78 is 5.72. The second-order valence-electron chi connectivity index (χ2n) is 6.49. The molecule has 4 aromatic rings. The number of aromatic nitrogens is 3. The molecule has 0 fully saturated rings. The predicted molar refractivity (Wildman–Crippen MR) is 115 cm³/mol. The first kappa shape index (κ1) is 20.5. The van der Waals surface area contributed by atoms with Gasteiger partial charge >= 0.3 is 0 Å². The minimum atomic E-state index is -0.492. The van der Waals surface area contributed by atoms with Crippen molar-refractivity contribution in [2.75, 3.05) is 5.32 Å². The largest absolute Gasteiger partial charge is 0.486 e. The summed E-state index contributed by atoms with van der Waals surface area (Å²) in [6.07, 6.45) is 1.68. The Morgan fingerprint density at radius 2 is 2.00 bits per heavy atom. The van der Waals surface area contributed by atoms with Crippen LogP contribution in [0.5, 0.6) is 5.75 Å². The summed E-state index contributed by atoms with van der Waals surface area (Å²) in [7, 11) is 0. The van der Waals surface area contributed by atoms with Crippen molar-refractivity contribution in [3.8, 4) is 5.75 Å². The van der Waals surface area contributed by atoms with Crippen LogP contribution in [0.15, 0.2) is 60.8 Å².